The smallest absolute Gasteiger partial charge is 0.407 e. The Labute approximate surface area is 243 Å². The maximum atomic E-state index is 12.8. The van der Waals surface area contributed by atoms with E-state index in [-0.39, 0.29) is 35.2 Å². The lowest BCUT2D eigenvalue weighted by Gasteiger charge is -2.59. The van der Waals surface area contributed by atoms with Gasteiger partial charge in [-0.15, -0.1) is 0 Å². The highest BCUT2D eigenvalue weighted by Crippen LogP contribution is 2.89. The molecule has 0 aromatic rings. The Morgan fingerprint density at radius 2 is 1.75 bits per heavy atom. The fourth-order valence-electron chi connectivity index (χ4n) is 12.5. The van der Waals surface area contributed by atoms with Crippen LogP contribution in [0.4, 0.5) is 4.79 Å². The standard InChI is InChI=1S/C34H58N2O4/c1-21-33-17-16-32(6)24(10-8-9-14-30(2,3)39)26(37)18-25(32)23(33)11-12-27-31(4,5)28(13-15-34(21,27)33)40-29(38)35-22-19-36(7)20-22/h21-28,37,39H,8-20H2,1-7H3,(H,35,38)/t21-,23-,24-,25?,26+,27?,28-,32+,33-,34?/m0/s1. The summed E-state index contributed by atoms with van der Waals surface area (Å²) in [4.78, 5) is 15.0. The van der Waals surface area contributed by atoms with Crippen LogP contribution in [-0.2, 0) is 4.74 Å². The summed E-state index contributed by atoms with van der Waals surface area (Å²) < 4.78 is 6.19. The Morgan fingerprint density at radius 1 is 1.02 bits per heavy atom. The van der Waals surface area contributed by atoms with Crippen LogP contribution in [0.2, 0.25) is 0 Å². The summed E-state index contributed by atoms with van der Waals surface area (Å²) in [7, 11) is 2.08. The van der Waals surface area contributed by atoms with Crippen LogP contribution >= 0.6 is 0 Å². The number of carbonyl (C=O) groups is 1. The fraction of sp³-hybridized carbons (Fsp3) is 0.971. The first-order valence-corrected chi connectivity index (χ1v) is 16.7. The van der Waals surface area contributed by atoms with Crippen molar-refractivity contribution in [1.29, 1.82) is 0 Å². The van der Waals surface area contributed by atoms with Gasteiger partial charge in [-0.1, -0.05) is 40.5 Å². The van der Waals surface area contributed by atoms with Gasteiger partial charge >= 0.3 is 6.09 Å². The number of hydrogen-bond donors (Lipinski definition) is 3. The third-order valence-electron chi connectivity index (χ3n) is 14.3. The zero-order valence-corrected chi connectivity index (χ0v) is 26.5. The number of aliphatic hydroxyl groups is 2. The maximum Gasteiger partial charge on any atom is 0.407 e. The number of fused-ring (bicyclic) bond motifs is 2. The number of carbonyl (C=O) groups excluding carboxylic acids is 1. The Kier molecular flexibility index (Phi) is 7.00. The van der Waals surface area contributed by atoms with Crippen LogP contribution in [0.15, 0.2) is 0 Å². The lowest BCUT2D eigenvalue weighted by molar-refractivity contribution is -0.134. The van der Waals surface area contributed by atoms with E-state index in [0.29, 0.717) is 28.6 Å². The predicted octanol–water partition coefficient (Wildman–Crippen LogP) is 5.99. The molecule has 6 rings (SSSR count). The van der Waals surface area contributed by atoms with Crippen LogP contribution in [0.5, 0.6) is 0 Å². The molecular formula is C34H58N2O4. The van der Waals surface area contributed by atoms with Crippen molar-refractivity contribution in [2.45, 2.75) is 136 Å². The number of nitrogens with one attached hydrogen (secondary N) is 1. The minimum Gasteiger partial charge on any atom is -0.446 e. The van der Waals surface area contributed by atoms with E-state index in [1.165, 1.54) is 32.1 Å². The van der Waals surface area contributed by atoms with Gasteiger partial charge in [0.05, 0.1) is 17.7 Å². The van der Waals surface area contributed by atoms with Crippen molar-refractivity contribution in [3.63, 3.8) is 0 Å². The monoisotopic (exact) mass is 558 g/mol. The van der Waals surface area contributed by atoms with Crippen molar-refractivity contribution < 1.29 is 19.7 Å². The van der Waals surface area contributed by atoms with E-state index >= 15 is 0 Å². The average molecular weight is 559 g/mol. The van der Waals surface area contributed by atoms with E-state index < -0.39 is 5.60 Å². The zero-order chi connectivity index (χ0) is 28.9. The van der Waals surface area contributed by atoms with Crippen molar-refractivity contribution in [3.8, 4) is 0 Å². The Hall–Kier alpha value is -0.850. The lowest BCUT2D eigenvalue weighted by Crippen LogP contribution is -2.59. The van der Waals surface area contributed by atoms with Crippen LogP contribution in [0.25, 0.3) is 0 Å². The van der Waals surface area contributed by atoms with E-state index in [9.17, 15) is 15.0 Å². The van der Waals surface area contributed by atoms with Crippen LogP contribution < -0.4 is 5.32 Å². The molecule has 6 aliphatic rings. The number of rotatable bonds is 7. The van der Waals surface area contributed by atoms with Crippen LogP contribution in [0.1, 0.15) is 112 Å². The second-order valence-electron chi connectivity index (χ2n) is 16.9. The van der Waals surface area contributed by atoms with Crippen LogP contribution in [-0.4, -0.2) is 65.2 Å². The molecule has 6 nitrogen and oxygen atoms in total. The molecule has 0 radical (unpaired) electrons. The van der Waals surface area contributed by atoms with E-state index in [1.54, 1.807) is 0 Å². The third-order valence-corrected chi connectivity index (χ3v) is 14.3. The number of unbranched alkanes of at least 4 members (excludes halogenated alkanes) is 1. The van der Waals surface area contributed by atoms with E-state index in [0.717, 1.165) is 63.5 Å². The first-order valence-electron chi connectivity index (χ1n) is 16.7. The highest BCUT2D eigenvalue weighted by Gasteiger charge is 2.84. The number of likely N-dealkylation sites (tertiary alicyclic amines) is 1. The second kappa shape index (κ2) is 9.58. The van der Waals surface area contributed by atoms with Crippen LogP contribution in [0, 0.1) is 51.2 Å². The summed E-state index contributed by atoms with van der Waals surface area (Å²) in [6.45, 7) is 15.5. The maximum absolute atomic E-state index is 12.8. The number of alkyl carbamates (subject to hydrolysis) is 1. The third kappa shape index (κ3) is 4.15. The summed E-state index contributed by atoms with van der Waals surface area (Å²) in [6, 6.07) is 0.223. The number of nitrogens with zero attached hydrogens (tertiary/aromatic N) is 1. The van der Waals surface area contributed by atoms with E-state index in [2.05, 4.69) is 45.0 Å². The van der Waals surface area contributed by atoms with Gasteiger partial charge < -0.3 is 25.2 Å². The molecule has 10 atom stereocenters. The molecule has 0 bridgehead atoms. The van der Waals surface area contributed by atoms with Gasteiger partial charge in [0.2, 0.25) is 0 Å². The second-order valence-corrected chi connectivity index (χ2v) is 16.9. The Morgan fingerprint density at radius 3 is 2.42 bits per heavy atom. The van der Waals surface area contributed by atoms with Gasteiger partial charge in [0.15, 0.2) is 0 Å². The molecule has 0 aromatic carbocycles. The minimum absolute atomic E-state index is 0.0160. The number of aliphatic hydroxyl groups excluding tert-OH is 1. The van der Waals surface area contributed by atoms with Gasteiger partial charge in [-0.25, -0.2) is 4.79 Å². The summed E-state index contributed by atoms with van der Waals surface area (Å²) in [6.07, 6.45) is 11.9. The zero-order valence-electron chi connectivity index (χ0n) is 26.5. The molecule has 2 spiro atoms. The van der Waals surface area contributed by atoms with Crippen molar-refractivity contribution in [3.05, 3.63) is 0 Å². The predicted molar refractivity (Wildman–Crippen MR) is 158 cm³/mol. The largest absolute Gasteiger partial charge is 0.446 e. The quantitative estimate of drug-likeness (QED) is 0.334. The molecule has 1 heterocycles. The SMILES string of the molecule is C[C@@H]1C23CC[C@H](OC(=O)NC4CN(C)C4)C(C)(C)C2CC[C@H]2C4C[C@@H](O)[C@H](CCCCC(C)(C)O)[C@@]4(C)CC[C@]123. The molecule has 1 aliphatic heterocycles. The van der Waals surface area contributed by atoms with Crippen molar-refractivity contribution >= 4 is 6.09 Å². The Balaban J connectivity index is 1.15. The van der Waals surface area contributed by atoms with Crippen LogP contribution in [0.3, 0.4) is 0 Å². The molecule has 6 heteroatoms. The van der Waals surface area contributed by atoms with Crippen molar-refractivity contribution in [2.24, 2.45) is 51.2 Å². The van der Waals surface area contributed by atoms with E-state index in [1.807, 2.05) is 13.8 Å². The molecule has 5 saturated carbocycles. The molecule has 228 valence electrons. The highest BCUT2D eigenvalue weighted by molar-refractivity contribution is 5.68. The molecular weight excluding hydrogens is 500 g/mol. The average Bonchev–Trinajstić information content (AvgIpc) is 3.25. The summed E-state index contributed by atoms with van der Waals surface area (Å²) >= 11 is 0. The minimum atomic E-state index is -0.595. The first kappa shape index (κ1) is 29.2. The van der Waals surface area contributed by atoms with Gasteiger partial charge in [0.1, 0.15) is 6.10 Å². The lowest BCUT2D eigenvalue weighted by atomic mass is 9.46. The van der Waals surface area contributed by atoms with Gasteiger partial charge in [-0.05, 0) is 125 Å². The molecule has 5 aliphatic carbocycles. The Bertz CT molecular complexity index is 987. The molecule has 3 unspecified atom stereocenters. The summed E-state index contributed by atoms with van der Waals surface area (Å²) in [5.41, 5.74) is 0.417. The summed E-state index contributed by atoms with van der Waals surface area (Å²) in [5.74, 6) is 3.07. The molecule has 3 N–H and O–H groups in total. The normalized spacial score (nSPS) is 47.8. The molecule has 1 saturated heterocycles. The summed E-state index contributed by atoms with van der Waals surface area (Å²) in [5, 5.41) is 24.7. The fourth-order valence-corrected chi connectivity index (χ4v) is 12.5. The number of likely N-dealkylation sites (N-methyl/N-ethyl adjacent to an activating group) is 1. The topological polar surface area (TPSA) is 82.0 Å². The van der Waals surface area contributed by atoms with Gasteiger partial charge in [0, 0.05) is 18.5 Å². The molecule has 1 amide bonds. The molecule has 40 heavy (non-hydrogen) atoms. The van der Waals surface area contributed by atoms with E-state index in [4.69, 9.17) is 4.74 Å². The molecule has 0 aromatic heterocycles. The number of hydrogen-bond acceptors (Lipinski definition) is 5. The van der Waals surface area contributed by atoms with Gasteiger partial charge in [-0.3, -0.25) is 0 Å². The van der Waals surface area contributed by atoms with Gasteiger partial charge in [-0.2, -0.15) is 0 Å². The van der Waals surface area contributed by atoms with Crippen molar-refractivity contribution in [1.82, 2.24) is 10.2 Å². The first-order chi connectivity index (χ1) is 18.7. The highest BCUT2D eigenvalue weighted by atomic mass is 16.6. The number of amides is 1. The number of ether oxygens (including phenoxy) is 1. The van der Waals surface area contributed by atoms with Crippen molar-refractivity contribution in [2.75, 3.05) is 20.1 Å². The molecule has 6 fully saturated rings. The van der Waals surface area contributed by atoms with Gasteiger partial charge in [0.25, 0.3) is 0 Å².